The molecule has 2 heterocycles. The Morgan fingerprint density at radius 3 is 2.48 bits per heavy atom. The number of benzene rings is 2. The number of hydrogen-bond donors (Lipinski definition) is 0. The zero-order valence-corrected chi connectivity index (χ0v) is 20.5. The fourth-order valence-electron chi connectivity index (χ4n) is 6.14. The van der Waals surface area contributed by atoms with Gasteiger partial charge in [-0.15, -0.1) is 0 Å². The highest BCUT2D eigenvalue weighted by atomic mass is 16.2. The van der Waals surface area contributed by atoms with Gasteiger partial charge in [-0.25, -0.2) is 0 Å². The third kappa shape index (κ3) is 4.17. The number of para-hydroxylation sites is 1. The largest absolute Gasteiger partial charge is 0.345 e. The Balaban J connectivity index is 1.50. The van der Waals surface area contributed by atoms with Gasteiger partial charge in [0.15, 0.2) is 0 Å². The van der Waals surface area contributed by atoms with Gasteiger partial charge >= 0.3 is 0 Å². The Morgan fingerprint density at radius 2 is 1.73 bits per heavy atom. The van der Waals surface area contributed by atoms with Crippen LogP contribution in [-0.4, -0.2) is 10.5 Å². The lowest BCUT2D eigenvalue weighted by Crippen LogP contribution is -2.30. The molecule has 2 aliphatic rings. The highest BCUT2D eigenvalue weighted by Gasteiger charge is 2.34. The molecule has 0 unspecified atom stereocenters. The molecule has 0 saturated carbocycles. The molecule has 170 valence electrons. The summed E-state index contributed by atoms with van der Waals surface area (Å²) in [4.78, 5) is 15.7. The maximum Gasteiger partial charge on any atom is 0.258 e. The summed E-state index contributed by atoms with van der Waals surface area (Å²) in [5, 5.41) is 0. The number of amides is 1. The smallest absolute Gasteiger partial charge is 0.258 e. The van der Waals surface area contributed by atoms with Crippen molar-refractivity contribution in [2.24, 2.45) is 10.8 Å². The summed E-state index contributed by atoms with van der Waals surface area (Å²) >= 11 is 0. The van der Waals surface area contributed by atoms with Crippen molar-refractivity contribution in [3.63, 3.8) is 0 Å². The minimum Gasteiger partial charge on any atom is -0.345 e. The van der Waals surface area contributed by atoms with Crippen molar-refractivity contribution in [2.45, 2.75) is 60.5 Å². The molecular formula is C30H34N2O. The number of allylic oxidation sites excluding steroid dienone is 2. The lowest BCUT2D eigenvalue weighted by molar-refractivity contribution is 0.0985. The Morgan fingerprint density at radius 1 is 0.939 bits per heavy atom. The molecule has 0 bridgehead atoms. The van der Waals surface area contributed by atoms with E-state index in [0.717, 1.165) is 29.9 Å². The standard InChI is InChI=1S/C30H34N2O/c1-21-15-22(12-13-26(21)24-16-29(2,3)20-30(4,5)17-24)28(33)32-19-25-10-8-14-31(25)18-23-9-6-7-11-27(23)32/h6-16H,17-20H2,1-5H3. The van der Waals surface area contributed by atoms with Gasteiger partial charge in [-0.1, -0.05) is 58.0 Å². The second-order valence-corrected chi connectivity index (χ2v) is 11.4. The highest BCUT2D eigenvalue weighted by Crippen LogP contribution is 2.47. The molecule has 1 amide bonds. The molecule has 5 rings (SSSR count). The molecular weight excluding hydrogens is 404 g/mol. The van der Waals surface area contributed by atoms with E-state index < -0.39 is 0 Å². The Labute approximate surface area is 197 Å². The van der Waals surface area contributed by atoms with Gasteiger partial charge in [0.05, 0.1) is 6.54 Å². The van der Waals surface area contributed by atoms with Crippen LogP contribution in [0.1, 0.15) is 73.3 Å². The van der Waals surface area contributed by atoms with Crippen LogP contribution in [0.3, 0.4) is 0 Å². The van der Waals surface area contributed by atoms with Crippen molar-refractivity contribution in [3.8, 4) is 0 Å². The number of carbonyl (C=O) groups excluding carboxylic acids is 1. The van der Waals surface area contributed by atoms with Gasteiger partial charge in [0, 0.05) is 29.7 Å². The van der Waals surface area contributed by atoms with Crippen LogP contribution in [0.5, 0.6) is 0 Å². The molecule has 0 spiro atoms. The molecule has 0 atom stereocenters. The summed E-state index contributed by atoms with van der Waals surface area (Å²) in [6.07, 6.45) is 6.80. The van der Waals surface area contributed by atoms with Gasteiger partial charge in [0.2, 0.25) is 0 Å². The van der Waals surface area contributed by atoms with Crippen LogP contribution in [0.4, 0.5) is 5.69 Å². The second kappa shape index (κ2) is 7.76. The zero-order chi connectivity index (χ0) is 23.4. The summed E-state index contributed by atoms with van der Waals surface area (Å²) in [7, 11) is 0. The van der Waals surface area contributed by atoms with E-state index in [9.17, 15) is 4.79 Å². The number of carbonyl (C=O) groups is 1. The van der Waals surface area contributed by atoms with Crippen LogP contribution in [0, 0.1) is 17.8 Å². The van der Waals surface area contributed by atoms with Crippen LogP contribution in [0.15, 0.2) is 66.9 Å². The molecule has 3 nitrogen and oxygen atoms in total. The zero-order valence-electron chi connectivity index (χ0n) is 20.5. The van der Waals surface area contributed by atoms with Crippen molar-refractivity contribution < 1.29 is 4.79 Å². The molecule has 33 heavy (non-hydrogen) atoms. The number of aryl methyl sites for hydroxylation is 1. The normalized spacial score (nSPS) is 18.7. The number of rotatable bonds is 2. The van der Waals surface area contributed by atoms with Gasteiger partial charge in [-0.05, 0) is 83.2 Å². The van der Waals surface area contributed by atoms with Crippen LogP contribution in [-0.2, 0) is 13.1 Å². The molecule has 1 aliphatic heterocycles. The second-order valence-electron chi connectivity index (χ2n) is 11.4. The van der Waals surface area contributed by atoms with Crippen molar-refractivity contribution in [1.82, 2.24) is 4.57 Å². The topological polar surface area (TPSA) is 25.2 Å². The first-order chi connectivity index (χ1) is 15.6. The van der Waals surface area contributed by atoms with Gasteiger partial charge in [0.1, 0.15) is 0 Å². The number of anilines is 1. The molecule has 3 aromatic rings. The first kappa shape index (κ1) is 21.8. The maximum absolute atomic E-state index is 13.8. The van der Waals surface area contributed by atoms with E-state index in [1.54, 1.807) is 0 Å². The molecule has 0 radical (unpaired) electrons. The summed E-state index contributed by atoms with van der Waals surface area (Å²) in [5.74, 6) is 0.0602. The lowest BCUT2D eigenvalue weighted by atomic mass is 9.65. The number of aromatic nitrogens is 1. The molecule has 0 N–H and O–H groups in total. The van der Waals surface area contributed by atoms with Gasteiger partial charge in [-0.2, -0.15) is 0 Å². The van der Waals surface area contributed by atoms with E-state index in [-0.39, 0.29) is 16.7 Å². The number of hydrogen-bond acceptors (Lipinski definition) is 1. The Kier molecular flexibility index (Phi) is 5.12. The van der Waals surface area contributed by atoms with Crippen molar-refractivity contribution in [3.05, 3.63) is 94.8 Å². The minimum absolute atomic E-state index is 0.0602. The average molecular weight is 439 g/mol. The number of nitrogens with zero attached hydrogens (tertiary/aromatic N) is 2. The monoisotopic (exact) mass is 438 g/mol. The van der Waals surface area contributed by atoms with Crippen molar-refractivity contribution in [2.75, 3.05) is 4.90 Å². The lowest BCUT2D eigenvalue weighted by Gasteiger charge is -2.39. The first-order valence-electron chi connectivity index (χ1n) is 12.0. The van der Waals surface area contributed by atoms with Gasteiger partial charge in [-0.3, -0.25) is 4.79 Å². The molecule has 1 aromatic heterocycles. The summed E-state index contributed by atoms with van der Waals surface area (Å²) in [6, 6.07) is 18.7. The van der Waals surface area contributed by atoms with E-state index >= 15 is 0 Å². The van der Waals surface area contributed by atoms with Gasteiger partial charge in [0.25, 0.3) is 5.91 Å². The molecule has 0 fully saturated rings. The van der Waals surface area contributed by atoms with E-state index in [1.165, 1.54) is 28.7 Å². The molecule has 3 heteroatoms. The number of fused-ring (bicyclic) bond motifs is 2. The fourth-order valence-corrected chi connectivity index (χ4v) is 6.14. The van der Waals surface area contributed by atoms with E-state index in [2.05, 4.69) is 93.9 Å². The van der Waals surface area contributed by atoms with Crippen LogP contribution in [0.25, 0.3) is 5.57 Å². The first-order valence-corrected chi connectivity index (χ1v) is 12.0. The van der Waals surface area contributed by atoms with Gasteiger partial charge < -0.3 is 9.47 Å². The van der Waals surface area contributed by atoms with Crippen LogP contribution < -0.4 is 4.90 Å². The molecule has 2 aromatic carbocycles. The predicted octanol–water partition coefficient (Wildman–Crippen LogP) is 7.23. The Bertz CT molecular complexity index is 1260. The summed E-state index contributed by atoms with van der Waals surface area (Å²) in [6.45, 7) is 12.9. The summed E-state index contributed by atoms with van der Waals surface area (Å²) in [5.41, 5.74) is 8.40. The SMILES string of the molecule is Cc1cc(C(=O)N2Cc3cccn3Cc3ccccc32)ccc1C1=CC(C)(C)CC(C)(C)C1. The third-order valence-electron chi connectivity index (χ3n) is 7.10. The quantitative estimate of drug-likeness (QED) is 0.414. The predicted molar refractivity (Wildman–Crippen MR) is 136 cm³/mol. The van der Waals surface area contributed by atoms with E-state index in [0.29, 0.717) is 6.54 Å². The molecule has 1 aliphatic carbocycles. The van der Waals surface area contributed by atoms with Crippen molar-refractivity contribution >= 4 is 17.2 Å². The maximum atomic E-state index is 13.8. The van der Waals surface area contributed by atoms with E-state index in [4.69, 9.17) is 0 Å². The summed E-state index contributed by atoms with van der Waals surface area (Å²) < 4.78 is 2.24. The van der Waals surface area contributed by atoms with Crippen LogP contribution in [0.2, 0.25) is 0 Å². The average Bonchev–Trinajstić information content (AvgIpc) is 3.10. The third-order valence-corrected chi connectivity index (χ3v) is 7.10. The molecule has 0 saturated heterocycles. The van der Waals surface area contributed by atoms with Crippen LogP contribution >= 0.6 is 0 Å². The highest BCUT2D eigenvalue weighted by molar-refractivity contribution is 6.06. The van der Waals surface area contributed by atoms with Crippen molar-refractivity contribution in [1.29, 1.82) is 0 Å². The van der Waals surface area contributed by atoms with E-state index in [1.807, 2.05) is 17.0 Å². The minimum atomic E-state index is 0.0602. The Hall–Kier alpha value is -3.07. The fraction of sp³-hybridized carbons (Fsp3) is 0.367.